The lowest BCUT2D eigenvalue weighted by Crippen LogP contribution is -2.40. The zero-order chi connectivity index (χ0) is 18.9. The fourth-order valence-corrected chi connectivity index (χ4v) is 5.00. The predicted molar refractivity (Wildman–Crippen MR) is 109 cm³/mol. The molecule has 0 bridgehead atoms. The zero-order valence-electron chi connectivity index (χ0n) is 16.3. The van der Waals surface area contributed by atoms with Gasteiger partial charge in [0.2, 0.25) is 0 Å². The Morgan fingerprint density at radius 1 is 1.15 bits per heavy atom. The second kappa shape index (κ2) is 7.65. The molecule has 3 atom stereocenters. The lowest BCUT2D eigenvalue weighted by molar-refractivity contribution is 0.198. The highest BCUT2D eigenvalue weighted by atomic mass is 16.5. The molecule has 1 saturated carbocycles. The van der Waals surface area contributed by atoms with Crippen molar-refractivity contribution in [3.63, 3.8) is 0 Å². The second-order valence-corrected chi connectivity index (χ2v) is 8.65. The van der Waals surface area contributed by atoms with Crippen LogP contribution >= 0.6 is 0 Å². The minimum atomic E-state index is -0.373. The van der Waals surface area contributed by atoms with Gasteiger partial charge in [-0.3, -0.25) is 0 Å². The Labute approximate surface area is 162 Å². The first-order chi connectivity index (χ1) is 13.1. The van der Waals surface area contributed by atoms with Gasteiger partial charge >= 0.3 is 0 Å². The molecule has 0 aliphatic heterocycles. The largest absolute Gasteiger partial charge is 0.497 e. The number of aliphatic hydroxyl groups excluding tert-OH is 1. The minimum absolute atomic E-state index is 0.0976. The van der Waals surface area contributed by atoms with Crippen molar-refractivity contribution in [3.8, 4) is 5.75 Å². The third kappa shape index (κ3) is 4.04. The summed E-state index contributed by atoms with van der Waals surface area (Å²) in [4.78, 5) is 0. The SMILES string of the molecule is COc1cccc(C[C@H]2CCc3cc([C@H]4CC[C@](N)(CO)C4)ccc3C2)c1. The molecule has 0 amide bonds. The fourth-order valence-electron chi connectivity index (χ4n) is 5.00. The molecule has 0 spiro atoms. The molecule has 3 nitrogen and oxygen atoms in total. The van der Waals surface area contributed by atoms with Crippen molar-refractivity contribution in [1.82, 2.24) is 0 Å². The van der Waals surface area contributed by atoms with Crippen LogP contribution < -0.4 is 10.5 Å². The van der Waals surface area contributed by atoms with E-state index in [1.807, 2.05) is 6.07 Å². The van der Waals surface area contributed by atoms with Crippen LogP contribution in [-0.4, -0.2) is 24.4 Å². The van der Waals surface area contributed by atoms with Gasteiger partial charge in [0.1, 0.15) is 5.75 Å². The lowest BCUT2D eigenvalue weighted by atomic mass is 9.79. The van der Waals surface area contributed by atoms with E-state index in [1.165, 1.54) is 28.7 Å². The molecule has 0 heterocycles. The summed E-state index contributed by atoms with van der Waals surface area (Å²) in [7, 11) is 1.73. The monoisotopic (exact) mass is 365 g/mol. The average Bonchev–Trinajstić information content (AvgIpc) is 3.10. The van der Waals surface area contributed by atoms with Crippen molar-refractivity contribution in [2.45, 2.75) is 56.4 Å². The summed E-state index contributed by atoms with van der Waals surface area (Å²) in [5, 5.41) is 9.53. The number of nitrogens with two attached hydrogens (primary N) is 1. The normalized spacial score (nSPS) is 27.4. The maximum absolute atomic E-state index is 9.53. The van der Waals surface area contributed by atoms with Gasteiger partial charge in [-0.15, -0.1) is 0 Å². The quantitative estimate of drug-likeness (QED) is 0.842. The first kappa shape index (κ1) is 18.5. The van der Waals surface area contributed by atoms with Crippen LogP contribution in [0.25, 0.3) is 0 Å². The zero-order valence-corrected chi connectivity index (χ0v) is 16.3. The van der Waals surface area contributed by atoms with Crippen LogP contribution in [0.5, 0.6) is 5.75 Å². The Hall–Kier alpha value is -1.84. The molecule has 3 heteroatoms. The van der Waals surface area contributed by atoms with Crippen LogP contribution in [0.3, 0.4) is 0 Å². The average molecular weight is 366 g/mol. The van der Waals surface area contributed by atoms with Gasteiger partial charge in [-0.25, -0.2) is 0 Å². The number of rotatable bonds is 5. The Kier molecular flexibility index (Phi) is 5.25. The second-order valence-electron chi connectivity index (χ2n) is 8.65. The standard InChI is InChI=1S/C24H31NO2/c1-27-23-4-2-3-17(13-23)11-18-5-6-20-14-21(8-7-19(20)12-18)22-9-10-24(25,15-22)16-26/h2-4,7-8,13-14,18,22,26H,5-6,9-12,15-16,25H2,1H3/t18-,22+,24-/m1/s1. The van der Waals surface area contributed by atoms with Gasteiger partial charge in [0.05, 0.1) is 13.7 Å². The topological polar surface area (TPSA) is 55.5 Å². The Bertz CT molecular complexity index is 803. The molecule has 1 fully saturated rings. The molecule has 2 aliphatic carbocycles. The Balaban J connectivity index is 1.43. The molecule has 4 rings (SSSR count). The number of hydrogen-bond donors (Lipinski definition) is 2. The lowest BCUT2D eigenvalue weighted by Gasteiger charge is -2.26. The van der Waals surface area contributed by atoms with Gasteiger partial charge < -0.3 is 15.6 Å². The number of hydrogen-bond acceptors (Lipinski definition) is 3. The molecule has 2 aromatic carbocycles. The molecule has 3 N–H and O–H groups in total. The van der Waals surface area contributed by atoms with Crippen LogP contribution in [0.4, 0.5) is 0 Å². The maximum Gasteiger partial charge on any atom is 0.119 e. The highest BCUT2D eigenvalue weighted by Crippen LogP contribution is 2.40. The number of fused-ring (bicyclic) bond motifs is 1. The predicted octanol–water partition coefficient (Wildman–Crippen LogP) is 4.00. The van der Waals surface area contributed by atoms with Gasteiger partial charge in [-0.05, 0) is 91.2 Å². The first-order valence-electron chi connectivity index (χ1n) is 10.2. The van der Waals surface area contributed by atoms with E-state index < -0.39 is 0 Å². The summed E-state index contributed by atoms with van der Waals surface area (Å²) in [5.41, 5.74) is 11.7. The van der Waals surface area contributed by atoms with E-state index in [4.69, 9.17) is 10.5 Å². The third-order valence-corrected chi connectivity index (χ3v) is 6.65. The van der Waals surface area contributed by atoms with Crippen LogP contribution in [0.1, 0.15) is 53.9 Å². The van der Waals surface area contributed by atoms with Crippen LogP contribution in [0.2, 0.25) is 0 Å². The van der Waals surface area contributed by atoms with E-state index in [-0.39, 0.29) is 12.1 Å². The molecule has 2 aromatic rings. The molecule has 0 aromatic heterocycles. The van der Waals surface area contributed by atoms with E-state index >= 15 is 0 Å². The highest BCUT2D eigenvalue weighted by molar-refractivity contribution is 5.37. The number of benzene rings is 2. The molecule has 0 unspecified atom stereocenters. The van der Waals surface area contributed by atoms with E-state index in [2.05, 4.69) is 36.4 Å². The first-order valence-corrected chi connectivity index (χ1v) is 10.2. The molecule has 2 aliphatic rings. The van der Waals surface area contributed by atoms with Crippen molar-refractivity contribution in [2.75, 3.05) is 13.7 Å². The summed E-state index contributed by atoms with van der Waals surface area (Å²) in [6, 6.07) is 15.5. The van der Waals surface area contributed by atoms with Gasteiger partial charge in [0.25, 0.3) is 0 Å². The van der Waals surface area contributed by atoms with E-state index in [1.54, 1.807) is 7.11 Å². The Morgan fingerprint density at radius 2 is 2.04 bits per heavy atom. The summed E-state index contributed by atoms with van der Waals surface area (Å²) in [5.74, 6) is 2.15. The number of aliphatic hydroxyl groups is 1. The number of aryl methyl sites for hydroxylation is 1. The molecule has 144 valence electrons. The molecular formula is C24H31NO2. The molecule has 0 radical (unpaired) electrons. The van der Waals surface area contributed by atoms with Crippen molar-refractivity contribution in [2.24, 2.45) is 11.7 Å². The van der Waals surface area contributed by atoms with Crippen LogP contribution in [0, 0.1) is 5.92 Å². The van der Waals surface area contributed by atoms with Crippen molar-refractivity contribution in [1.29, 1.82) is 0 Å². The van der Waals surface area contributed by atoms with E-state index in [0.717, 1.165) is 44.3 Å². The van der Waals surface area contributed by atoms with Crippen LogP contribution in [-0.2, 0) is 19.3 Å². The van der Waals surface area contributed by atoms with Gasteiger partial charge in [-0.1, -0.05) is 30.3 Å². The van der Waals surface area contributed by atoms with E-state index in [9.17, 15) is 5.11 Å². The van der Waals surface area contributed by atoms with Crippen molar-refractivity contribution in [3.05, 3.63) is 64.7 Å². The van der Waals surface area contributed by atoms with E-state index in [0.29, 0.717) is 11.8 Å². The molecule has 27 heavy (non-hydrogen) atoms. The number of methoxy groups -OCH3 is 1. The highest BCUT2D eigenvalue weighted by Gasteiger charge is 2.36. The van der Waals surface area contributed by atoms with Gasteiger partial charge in [-0.2, -0.15) is 0 Å². The maximum atomic E-state index is 9.53. The summed E-state index contributed by atoms with van der Waals surface area (Å²) in [6.07, 6.45) is 7.61. The summed E-state index contributed by atoms with van der Waals surface area (Å²) in [6.45, 7) is 0.0976. The van der Waals surface area contributed by atoms with Crippen LogP contribution in [0.15, 0.2) is 42.5 Å². The summed E-state index contributed by atoms with van der Waals surface area (Å²) < 4.78 is 5.36. The number of ether oxygens (including phenoxy) is 1. The third-order valence-electron chi connectivity index (χ3n) is 6.65. The smallest absolute Gasteiger partial charge is 0.119 e. The minimum Gasteiger partial charge on any atom is -0.497 e. The van der Waals surface area contributed by atoms with Crippen molar-refractivity contribution < 1.29 is 9.84 Å². The fraction of sp³-hybridized carbons (Fsp3) is 0.500. The van der Waals surface area contributed by atoms with Gasteiger partial charge in [0.15, 0.2) is 0 Å². The molecular weight excluding hydrogens is 334 g/mol. The van der Waals surface area contributed by atoms with Gasteiger partial charge in [0, 0.05) is 5.54 Å². The molecule has 0 saturated heterocycles. The summed E-state index contributed by atoms with van der Waals surface area (Å²) >= 11 is 0. The Morgan fingerprint density at radius 3 is 2.81 bits per heavy atom. The van der Waals surface area contributed by atoms with Crippen molar-refractivity contribution >= 4 is 0 Å².